The zero-order valence-corrected chi connectivity index (χ0v) is 10.9. The van der Waals surface area contributed by atoms with E-state index >= 15 is 0 Å². The summed E-state index contributed by atoms with van der Waals surface area (Å²) in [6.45, 7) is 3.80. The van der Waals surface area contributed by atoms with E-state index in [-0.39, 0.29) is 11.3 Å². The number of aromatic amines is 1. The maximum atomic E-state index is 9.49. The van der Waals surface area contributed by atoms with E-state index in [1.807, 2.05) is 0 Å². The van der Waals surface area contributed by atoms with Crippen molar-refractivity contribution < 1.29 is 4.74 Å². The van der Waals surface area contributed by atoms with Crippen molar-refractivity contribution in [2.45, 2.75) is 31.6 Å². The average Bonchev–Trinajstić information content (AvgIpc) is 2.83. The van der Waals surface area contributed by atoms with E-state index in [1.54, 1.807) is 0 Å². The molecular weight excluding hydrogens is 242 g/mol. The molecule has 1 fully saturated rings. The zero-order valence-electron chi connectivity index (χ0n) is 10.9. The maximum absolute atomic E-state index is 9.49. The van der Waals surface area contributed by atoms with E-state index in [4.69, 9.17) is 10.5 Å². The van der Waals surface area contributed by atoms with Gasteiger partial charge in [-0.2, -0.15) is 5.26 Å². The van der Waals surface area contributed by atoms with Gasteiger partial charge in [0.1, 0.15) is 11.6 Å². The molecule has 3 rings (SSSR count). The molecule has 0 amide bonds. The number of rotatable bonds is 1. The first-order valence-electron chi connectivity index (χ1n) is 6.59. The fraction of sp³-hybridized carbons (Fsp3) is 0.538. The first-order chi connectivity index (χ1) is 9.23. The van der Waals surface area contributed by atoms with Crippen LogP contribution in [0.25, 0.3) is 0 Å². The molecule has 4 N–H and O–H groups in total. The van der Waals surface area contributed by atoms with Gasteiger partial charge in [0.15, 0.2) is 0 Å². The third-order valence-corrected chi connectivity index (χ3v) is 4.14. The minimum atomic E-state index is -0.337. The Labute approximate surface area is 111 Å². The van der Waals surface area contributed by atoms with Crippen molar-refractivity contribution in [1.82, 2.24) is 15.5 Å². The van der Waals surface area contributed by atoms with Crippen LogP contribution >= 0.6 is 0 Å². The van der Waals surface area contributed by atoms with Crippen LogP contribution in [0.2, 0.25) is 0 Å². The van der Waals surface area contributed by atoms with Crippen LogP contribution in [0.1, 0.15) is 31.0 Å². The lowest BCUT2D eigenvalue weighted by molar-refractivity contribution is 0.293. The van der Waals surface area contributed by atoms with Crippen LogP contribution in [0.4, 0.5) is 0 Å². The Morgan fingerprint density at radius 3 is 2.84 bits per heavy atom. The Balaban J connectivity index is 2.23. The van der Waals surface area contributed by atoms with Gasteiger partial charge in [0.05, 0.1) is 0 Å². The molecule has 0 unspecified atom stereocenters. The van der Waals surface area contributed by atoms with Crippen LogP contribution in [-0.2, 0) is 11.8 Å². The number of piperidine rings is 1. The molecule has 0 atom stereocenters. The standard InChI is InChI=1S/C13H17N5O/c1-2-9-10-12(18-17-9)19-11(15)8(7-14)13(10)3-5-16-6-4-13/h16H,2-6,15H2,1H3,(H,17,18). The molecule has 2 aliphatic rings. The third kappa shape index (κ3) is 1.55. The van der Waals surface area contributed by atoms with Crippen molar-refractivity contribution >= 4 is 0 Å². The van der Waals surface area contributed by atoms with Gasteiger partial charge in [-0.25, -0.2) is 0 Å². The molecule has 1 saturated heterocycles. The van der Waals surface area contributed by atoms with Crippen LogP contribution in [-0.4, -0.2) is 23.3 Å². The van der Waals surface area contributed by atoms with E-state index < -0.39 is 0 Å². The van der Waals surface area contributed by atoms with Gasteiger partial charge in [0.2, 0.25) is 11.8 Å². The largest absolute Gasteiger partial charge is 0.420 e. The second kappa shape index (κ2) is 4.28. The van der Waals surface area contributed by atoms with Gasteiger partial charge in [-0.05, 0) is 32.4 Å². The number of aryl methyl sites for hydroxylation is 1. The molecule has 0 bridgehead atoms. The second-order valence-electron chi connectivity index (χ2n) is 5.02. The molecule has 6 nitrogen and oxygen atoms in total. The van der Waals surface area contributed by atoms with Crippen LogP contribution in [0.3, 0.4) is 0 Å². The Bertz CT molecular complexity index is 574. The summed E-state index contributed by atoms with van der Waals surface area (Å²) >= 11 is 0. The van der Waals surface area contributed by atoms with Gasteiger partial charge in [0.25, 0.3) is 0 Å². The van der Waals surface area contributed by atoms with E-state index in [0.717, 1.165) is 43.6 Å². The molecule has 3 heterocycles. The summed E-state index contributed by atoms with van der Waals surface area (Å²) in [6, 6.07) is 2.26. The van der Waals surface area contributed by atoms with Gasteiger partial charge < -0.3 is 15.8 Å². The number of allylic oxidation sites excluding steroid dienone is 1. The van der Waals surface area contributed by atoms with Crippen LogP contribution in [0.5, 0.6) is 5.88 Å². The smallest absolute Gasteiger partial charge is 0.244 e. The topological polar surface area (TPSA) is 99.8 Å². The Kier molecular flexibility index (Phi) is 2.72. The maximum Gasteiger partial charge on any atom is 0.244 e. The highest BCUT2D eigenvalue weighted by molar-refractivity contribution is 5.54. The van der Waals surface area contributed by atoms with Crippen molar-refractivity contribution in [2.24, 2.45) is 5.73 Å². The van der Waals surface area contributed by atoms with Gasteiger partial charge in [-0.15, -0.1) is 5.10 Å². The minimum absolute atomic E-state index is 0.200. The summed E-state index contributed by atoms with van der Waals surface area (Å²) in [5, 5.41) is 20.0. The number of nitrogens with two attached hydrogens (primary N) is 1. The fourth-order valence-electron chi connectivity index (χ4n) is 3.21. The lowest BCUT2D eigenvalue weighted by Gasteiger charge is -2.40. The number of nitriles is 1. The highest BCUT2D eigenvalue weighted by atomic mass is 16.5. The summed E-state index contributed by atoms with van der Waals surface area (Å²) in [5.74, 6) is 0.737. The van der Waals surface area contributed by atoms with Crippen LogP contribution < -0.4 is 15.8 Å². The highest BCUT2D eigenvalue weighted by Gasteiger charge is 2.47. The van der Waals surface area contributed by atoms with E-state index in [1.165, 1.54) is 0 Å². The van der Waals surface area contributed by atoms with Gasteiger partial charge in [-0.1, -0.05) is 6.92 Å². The third-order valence-electron chi connectivity index (χ3n) is 4.14. The molecule has 19 heavy (non-hydrogen) atoms. The van der Waals surface area contributed by atoms with Crippen LogP contribution in [0.15, 0.2) is 11.5 Å². The van der Waals surface area contributed by atoms with E-state index in [9.17, 15) is 5.26 Å². The summed E-state index contributed by atoms with van der Waals surface area (Å²) in [6.07, 6.45) is 2.53. The zero-order chi connectivity index (χ0) is 13.5. The quantitative estimate of drug-likeness (QED) is 0.688. The normalized spacial score (nSPS) is 20.8. The van der Waals surface area contributed by atoms with Crippen molar-refractivity contribution in [2.75, 3.05) is 13.1 Å². The summed E-state index contributed by atoms with van der Waals surface area (Å²) < 4.78 is 5.52. The van der Waals surface area contributed by atoms with Crippen molar-refractivity contribution in [3.8, 4) is 11.9 Å². The molecule has 0 aliphatic carbocycles. The first kappa shape index (κ1) is 12.1. The number of nitrogens with zero attached hydrogens (tertiary/aromatic N) is 2. The number of nitrogens with one attached hydrogen (secondary N) is 2. The molecule has 0 aromatic carbocycles. The van der Waals surface area contributed by atoms with Crippen molar-refractivity contribution in [3.63, 3.8) is 0 Å². The van der Waals surface area contributed by atoms with Crippen LogP contribution in [0, 0.1) is 11.3 Å². The van der Waals surface area contributed by atoms with Gasteiger partial charge in [0, 0.05) is 16.7 Å². The van der Waals surface area contributed by atoms with Crippen molar-refractivity contribution in [3.05, 3.63) is 22.7 Å². The molecule has 1 aromatic rings. The molecule has 0 saturated carbocycles. The molecular formula is C13H17N5O. The SMILES string of the molecule is CCc1[nH]nc2c1C1(CCNCC1)C(C#N)=C(N)O2. The first-order valence-corrected chi connectivity index (χ1v) is 6.59. The number of aromatic nitrogens is 2. The molecule has 6 heteroatoms. The summed E-state index contributed by atoms with van der Waals surface area (Å²) in [4.78, 5) is 0. The Morgan fingerprint density at radius 1 is 1.47 bits per heavy atom. The molecule has 1 spiro atoms. The highest BCUT2D eigenvalue weighted by Crippen LogP contribution is 2.48. The predicted molar refractivity (Wildman–Crippen MR) is 69.2 cm³/mol. The lowest BCUT2D eigenvalue weighted by Crippen LogP contribution is -2.44. The number of H-pyrrole nitrogens is 1. The molecule has 1 aromatic heterocycles. The molecule has 2 aliphatic heterocycles. The second-order valence-corrected chi connectivity index (χ2v) is 5.02. The van der Waals surface area contributed by atoms with E-state index in [0.29, 0.717) is 11.5 Å². The van der Waals surface area contributed by atoms with E-state index in [2.05, 4.69) is 28.5 Å². The summed E-state index contributed by atoms with van der Waals surface area (Å²) in [7, 11) is 0. The van der Waals surface area contributed by atoms with Gasteiger partial charge in [-0.3, -0.25) is 5.10 Å². The summed E-state index contributed by atoms with van der Waals surface area (Å²) in [5.41, 5.74) is 8.21. The minimum Gasteiger partial charge on any atom is -0.420 e. The number of hydrogen-bond acceptors (Lipinski definition) is 5. The molecule has 0 radical (unpaired) electrons. The Morgan fingerprint density at radius 2 is 2.21 bits per heavy atom. The molecule has 100 valence electrons. The lowest BCUT2D eigenvalue weighted by atomic mass is 9.67. The fourth-order valence-corrected chi connectivity index (χ4v) is 3.21. The average molecular weight is 259 g/mol. The number of ether oxygens (including phenoxy) is 1. The van der Waals surface area contributed by atoms with Crippen molar-refractivity contribution in [1.29, 1.82) is 5.26 Å². The Hall–Kier alpha value is -2.00. The number of fused-ring (bicyclic) bond motifs is 2. The number of hydrogen-bond donors (Lipinski definition) is 3. The van der Waals surface area contributed by atoms with Gasteiger partial charge >= 0.3 is 0 Å². The predicted octanol–water partition coefficient (Wildman–Crippen LogP) is 0.680. The monoisotopic (exact) mass is 259 g/mol.